The van der Waals surface area contributed by atoms with E-state index in [4.69, 9.17) is 23.2 Å². The van der Waals surface area contributed by atoms with Crippen LogP contribution in [-0.4, -0.2) is 50.4 Å². The fraction of sp³-hybridized carbons (Fsp3) is 0.643. The smallest absolute Gasteiger partial charge is 0.279 e. The van der Waals surface area contributed by atoms with Crippen LogP contribution < -0.4 is 9.62 Å². The van der Waals surface area contributed by atoms with Crippen molar-refractivity contribution >= 4 is 39.1 Å². The van der Waals surface area contributed by atoms with Crippen LogP contribution in [-0.2, 0) is 10.2 Å². The van der Waals surface area contributed by atoms with E-state index in [-0.39, 0.29) is 0 Å². The summed E-state index contributed by atoms with van der Waals surface area (Å²) in [5.41, 5.74) is 0.730. The van der Waals surface area contributed by atoms with E-state index in [9.17, 15) is 8.42 Å². The lowest BCUT2D eigenvalue weighted by Gasteiger charge is -2.25. The molecule has 1 N–H and O–H groups in total. The van der Waals surface area contributed by atoms with Gasteiger partial charge in [0.05, 0.1) is 15.7 Å². The third-order valence-corrected chi connectivity index (χ3v) is 6.32. The lowest BCUT2D eigenvalue weighted by molar-refractivity contribution is 0.422. The predicted molar refractivity (Wildman–Crippen MR) is 92.3 cm³/mol. The van der Waals surface area contributed by atoms with E-state index < -0.39 is 10.2 Å². The van der Waals surface area contributed by atoms with Crippen molar-refractivity contribution in [1.29, 1.82) is 0 Å². The number of rotatable bonds is 5. The first-order valence-corrected chi connectivity index (χ1v) is 9.95. The third kappa shape index (κ3) is 4.28. The Balaban J connectivity index is 1.67. The van der Waals surface area contributed by atoms with E-state index in [0.717, 1.165) is 24.9 Å². The van der Waals surface area contributed by atoms with Gasteiger partial charge in [0.25, 0.3) is 10.2 Å². The third-order valence-electron chi connectivity index (χ3n) is 4.19. The van der Waals surface area contributed by atoms with Crippen LogP contribution >= 0.6 is 23.2 Å². The highest BCUT2D eigenvalue weighted by molar-refractivity contribution is 7.87. The van der Waals surface area contributed by atoms with Gasteiger partial charge >= 0.3 is 0 Å². The Labute approximate surface area is 146 Å². The average Bonchev–Trinajstić information content (AvgIpc) is 3.32. The van der Waals surface area contributed by atoms with Crippen LogP contribution in [0.4, 0.5) is 5.69 Å². The summed E-state index contributed by atoms with van der Waals surface area (Å²) in [6.07, 6.45) is 6.07. The lowest BCUT2D eigenvalue weighted by Crippen LogP contribution is -2.43. The van der Waals surface area contributed by atoms with Crippen LogP contribution in [0.3, 0.4) is 0 Å². The number of hydrogen-bond donors (Lipinski definition) is 1. The van der Waals surface area contributed by atoms with Crippen molar-refractivity contribution in [3.63, 3.8) is 0 Å². The number of halogens is 2. The van der Waals surface area contributed by atoms with E-state index >= 15 is 0 Å². The number of pyridine rings is 1. The van der Waals surface area contributed by atoms with E-state index in [1.807, 2.05) is 4.90 Å². The molecule has 1 saturated carbocycles. The molecule has 6 nitrogen and oxygen atoms in total. The molecule has 0 bridgehead atoms. The quantitative estimate of drug-likeness (QED) is 0.852. The molecule has 1 aliphatic heterocycles. The molecule has 2 heterocycles. The molecule has 0 atom stereocenters. The maximum atomic E-state index is 12.4. The first kappa shape index (κ1) is 17.2. The second-order valence-electron chi connectivity index (χ2n) is 5.99. The topological polar surface area (TPSA) is 65.5 Å². The van der Waals surface area contributed by atoms with Crippen LogP contribution in [0.1, 0.15) is 19.3 Å². The fourth-order valence-electron chi connectivity index (χ4n) is 2.70. The highest BCUT2D eigenvalue weighted by Gasteiger charge is 2.29. The molecule has 0 radical (unpaired) electrons. The molecule has 0 spiro atoms. The van der Waals surface area contributed by atoms with Gasteiger partial charge in [-0.3, -0.25) is 4.98 Å². The summed E-state index contributed by atoms with van der Waals surface area (Å²) in [6.45, 7) is 2.71. The summed E-state index contributed by atoms with van der Waals surface area (Å²) in [5, 5.41) is 0.973. The number of hydrogen-bond acceptors (Lipinski definition) is 4. The number of nitrogens with zero attached hydrogens (tertiary/aromatic N) is 3. The number of anilines is 1. The summed E-state index contributed by atoms with van der Waals surface area (Å²) in [5.74, 6) is 0.516. The minimum Gasteiger partial charge on any atom is -0.368 e. The Morgan fingerprint density at radius 1 is 1.13 bits per heavy atom. The van der Waals surface area contributed by atoms with Crippen LogP contribution in [0.15, 0.2) is 12.4 Å². The molecule has 0 aromatic carbocycles. The molecule has 128 valence electrons. The van der Waals surface area contributed by atoms with Crippen molar-refractivity contribution in [3.8, 4) is 0 Å². The fourth-order valence-corrected chi connectivity index (χ4v) is 4.62. The first-order valence-electron chi connectivity index (χ1n) is 7.76. The van der Waals surface area contributed by atoms with Crippen molar-refractivity contribution in [2.75, 3.05) is 37.6 Å². The van der Waals surface area contributed by atoms with Crippen molar-refractivity contribution in [3.05, 3.63) is 22.4 Å². The summed E-state index contributed by atoms with van der Waals surface area (Å²) in [4.78, 5) is 5.99. The molecule has 2 fully saturated rings. The van der Waals surface area contributed by atoms with Gasteiger partial charge < -0.3 is 4.90 Å². The maximum absolute atomic E-state index is 12.4. The summed E-state index contributed by atoms with van der Waals surface area (Å²) < 4.78 is 29.0. The van der Waals surface area contributed by atoms with Crippen molar-refractivity contribution in [1.82, 2.24) is 14.0 Å². The van der Waals surface area contributed by atoms with Gasteiger partial charge in [0.15, 0.2) is 0 Å². The molecule has 23 heavy (non-hydrogen) atoms. The van der Waals surface area contributed by atoms with Gasteiger partial charge in [0.1, 0.15) is 0 Å². The highest BCUT2D eigenvalue weighted by Crippen LogP contribution is 2.33. The van der Waals surface area contributed by atoms with Gasteiger partial charge in [0, 0.05) is 45.1 Å². The van der Waals surface area contributed by atoms with Crippen LogP contribution in [0, 0.1) is 5.92 Å². The molecular formula is C14H20Cl2N4O2S. The SMILES string of the molecule is O=S(=O)(NCC1CC1)N1CCCN(c2c(Cl)cncc2Cl)CC1. The molecule has 3 rings (SSSR count). The average molecular weight is 379 g/mol. The largest absolute Gasteiger partial charge is 0.368 e. The van der Waals surface area contributed by atoms with Crippen molar-refractivity contribution < 1.29 is 8.42 Å². The predicted octanol–water partition coefficient (Wildman–Crippen LogP) is 2.14. The zero-order valence-electron chi connectivity index (χ0n) is 12.7. The van der Waals surface area contributed by atoms with E-state index in [0.29, 0.717) is 48.7 Å². The van der Waals surface area contributed by atoms with Crippen LogP contribution in [0.2, 0.25) is 10.0 Å². The molecule has 1 aromatic rings. The second kappa shape index (κ2) is 7.11. The Morgan fingerprint density at radius 2 is 1.83 bits per heavy atom. The van der Waals surface area contributed by atoms with Crippen LogP contribution in [0.5, 0.6) is 0 Å². The Kier molecular flexibility index (Phi) is 5.32. The molecule has 1 saturated heterocycles. The molecule has 9 heteroatoms. The Hall–Kier alpha value is -0.600. The van der Waals surface area contributed by atoms with Gasteiger partial charge in [-0.05, 0) is 25.2 Å². The number of nitrogens with one attached hydrogen (secondary N) is 1. The molecule has 1 aliphatic carbocycles. The zero-order valence-corrected chi connectivity index (χ0v) is 15.0. The lowest BCUT2D eigenvalue weighted by atomic mass is 10.3. The monoisotopic (exact) mass is 378 g/mol. The standard InChI is InChI=1S/C14H20Cl2N4O2S/c15-12-9-17-10-13(16)14(12)19-4-1-5-20(7-6-19)23(21,22)18-8-11-2-3-11/h9-11,18H,1-8H2. The van der Waals surface area contributed by atoms with Gasteiger partial charge in [-0.2, -0.15) is 12.7 Å². The maximum Gasteiger partial charge on any atom is 0.279 e. The summed E-state index contributed by atoms with van der Waals surface area (Å²) >= 11 is 12.4. The zero-order chi connectivity index (χ0) is 16.4. The normalized spacial score (nSPS) is 20.5. The van der Waals surface area contributed by atoms with Crippen LogP contribution in [0.25, 0.3) is 0 Å². The molecular weight excluding hydrogens is 359 g/mol. The molecule has 1 aromatic heterocycles. The van der Waals surface area contributed by atoms with Gasteiger partial charge in [-0.15, -0.1) is 0 Å². The Morgan fingerprint density at radius 3 is 2.48 bits per heavy atom. The minimum atomic E-state index is -3.41. The summed E-state index contributed by atoms with van der Waals surface area (Å²) in [6, 6.07) is 0. The Bertz CT molecular complexity index is 646. The van der Waals surface area contributed by atoms with Gasteiger partial charge in [-0.1, -0.05) is 23.2 Å². The molecule has 0 unspecified atom stereocenters. The minimum absolute atomic E-state index is 0.412. The second-order valence-corrected chi connectivity index (χ2v) is 8.56. The van der Waals surface area contributed by atoms with Crippen molar-refractivity contribution in [2.24, 2.45) is 5.92 Å². The van der Waals surface area contributed by atoms with E-state index in [1.165, 1.54) is 4.31 Å². The van der Waals surface area contributed by atoms with E-state index in [2.05, 4.69) is 9.71 Å². The number of aromatic nitrogens is 1. The first-order chi connectivity index (χ1) is 11.0. The van der Waals surface area contributed by atoms with Gasteiger partial charge in [-0.25, -0.2) is 4.72 Å². The van der Waals surface area contributed by atoms with Crippen molar-refractivity contribution in [2.45, 2.75) is 19.3 Å². The highest BCUT2D eigenvalue weighted by atomic mass is 35.5. The molecule has 2 aliphatic rings. The summed E-state index contributed by atoms with van der Waals surface area (Å²) in [7, 11) is -3.41. The van der Waals surface area contributed by atoms with Gasteiger partial charge in [0.2, 0.25) is 0 Å². The molecule has 0 amide bonds. The van der Waals surface area contributed by atoms with E-state index in [1.54, 1.807) is 12.4 Å².